The molecule has 21 heavy (non-hydrogen) atoms. The molecule has 5 nitrogen and oxygen atoms in total. The topological polar surface area (TPSA) is 63.7 Å². The van der Waals surface area contributed by atoms with Gasteiger partial charge in [-0.1, -0.05) is 18.2 Å². The molecular formula is C16H14N4O. The summed E-state index contributed by atoms with van der Waals surface area (Å²) in [5.41, 5.74) is 1.20. The molecule has 5 heteroatoms. The molecule has 1 aromatic carbocycles. The maximum atomic E-state index is 9.26. The fraction of sp³-hybridized carbons (Fsp3) is 0.188. The van der Waals surface area contributed by atoms with Crippen LogP contribution in [-0.4, -0.2) is 14.8 Å². The van der Waals surface area contributed by atoms with Crippen molar-refractivity contribution in [3.63, 3.8) is 0 Å². The third kappa shape index (κ3) is 2.56. The smallest absolute Gasteiger partial charge is 0.238 e. The number of ether oxygens (including phenoxy) is 1. The molecular weight excluding hydrogens is 264 g/mol. The molecule has 0 fully saturated rings. The van der Waals surface area contributed by atoms with E-state index in [4.69, 9.17) is 4.74 Å². The van der Waals surface area contributed by atoms with Gasteiger partial charge in [-0.25, -0.2) is 4.98 Å². The molecule has 0 bridgehead atoms. The first kappa shape index (κ1) is 13.1. The van der Waals surface area contributed by atoms with E-state index in [9.17, 15) is 5.26 Å². The summed E-state index contributed by atoms with van der Waals surface area (Å²) in [5.74, 6) is 0.877. The summed E-state index contributed by atoms with van der Waals surface area (Å²) >= 11 is 0. The molecule has 3 rings (SSSR count). The normalized spacial score (nSPS) is 10.8. The molecule has 0 spiro atoms. The van der Waals surface area contributed by atoms with Crippen molar-refractivity contribution in [2.75, 3.05) is 0 Å². The number of pyridine rings is 1. The summed E-state index contributed by atoms with van der Waals surface area (Å²) in [7, 11) is 0. The second-order valence-corrected chi connectivity index (χ2v) is 5.00. The molecule has 0 saturated heterocycles. The second kappa shape index (κ2) is 5.25. The quantitative estimate of drug-likeness (QED) is 0.733. The maximum Gasteiger partial charge on any atom is 0.238 e. The summed E-state index contributed by atoms with van der Waals surface area (Å²) in [4.78, 5) is 4.41. The van der Waals surface area contributed by atoms with Crippen LogP contribution in [-0.2, 0) is 0 Å². The minimum atomic E-state index is 0.252. The van der Waals surface area contributed by atoms with Crippen molar-refractivity contribution < 1.29 is 4.74 Å². The fourth-order valence-corrected chi connectivity index (χ4v) is 2.02. The van der Waals surface area contributed by atoms with E-state index in [1.165, 1.54) is 0 Å². The Hall–Kier alpha value is -2.87. The highest BCUT2D eigenvalue weighted by molar-refractivity contribution is 5.80. The average Bonchev–Trinajstić information content (AvgIpc) is 2.95. The van der Waals surface area contributed by atoms with Gasteiger partial charge in [-0.3, -0.25) is 4.68 Å². The number of hydrogen-bond donors (Lipinski definition) is 0. The highest BCUT2D eigenvalue weighted by Crippen LogP contribution is 2.26. The minimum absolute atomic E-state index is 0.252. The van der Waals surface area contributed by atoms with E-state index < -0.39 is 0 Å². The first-order valence-corrected chi connectivity index (χ1v) is 6.69. The van der Waals surface area contributed by atoms with Crippen molar-refractivity contribution in [1.29, 1.82) is 5.26 Å². The Kier molecular flexibility index (Phi) is 3.28. The zero-order valence-electron chi connectivity index (χ0n) is 11.8. The number of nitrogens with zero attached hydrogens (tertiary/aromatic N) is 4. The lowest BCUT2D eigenvalue weighted by Crippen LogP contribution is -1.99. The van der Waals surface area contributed by atoms with Gasteiger partial charge in [-0.15, -0.1) is 0 Å². The molecule has 0 aliphatic carbocycles. The fourth-order valence-electron chi connectivity index (χ4n) is 2.02. The minimum Gasteiger partial charge on any atom is -0.434 e. The average molecular weight is 278 g/mol. The number of nitriles is 1. The van der Waals surface area contributed by atoms with Gasteiger partial charge < -0.3 is 4.74 Å². The predicted molar refractivity (Wildman–Crippen MR) is 79.1 cm³/mol. The summed E-state index contributed by atoms with van der Waals surface area (Å²) in [5, 5.41) is 14.4. The van der Waals surface area contributed by atoms with Crippen LogP contribution in [0.25, 0.3) is 10.9 Å². The molecule has 0 unspecified atom stereocenters. The molecule has 0 atom stereocenters. The van der Waals surface area contributed by atoms with Crippen molar-refractivity contribution in [3.8, 4) is 17.7 Å². The predicted octanol–water partition coefficient (Wildman–Crippen LogP) is 3.68. The highest BCUT2D eigenvalue weighted by atomic mass is 16.5. The molecule has 2 aromatic heterocycles. The Labute approximate surface area is 122 Å². The highest BCUT2D eigenvalue weighted by Gasteiger charge is 2.11. The third-order valence-electron chi connectivity index (χ3n) is 3.13. The number of aromatic nitrogens is 3. The van der Waals surface area contributed by atoms with Gasteiger partial charge in [-0.05, 0) is 26.0 Å². The Morgan fingerprint density at radius 2 is 2.10 bits per heavy atom. The standard InChI is InChI=1S/C16H14N4O/c1-11(2)20-10-14(9-18-20)21-16-13(8-17)7-12-5-3-4-6-15(12)19-16/h3-7,9-11H,1-2H3. The number of fused-ring (bicyclic) bond motifs is 1. The lowest BCUT2D eigenvalue weighted by molar-refractivity contribution is 0.459. The van der Waals surface area contributed by atoms with E-state index >= 15 is 0 Å². The zero-order valence-corrected chi connectivity index (χ0v) is 11.8. The van der Waals surface area contributed by atoms with Crippen LogP contribution in [0.1, 0.15) is 25.5 Å². The SMILES string of the molecule is CC(C)n1cc(Oc2nc3ccccc3cc2C#N)cn1. The van der Waals surface area contributed by atoms with Crippen LogP contribution in [0.15, 0.2) is 42.7 Å². The van der Waals surface area contributed by atoms with Crippen LogP contribution in [0.2, 0.25) is 0 Å². The van der Waals surface area contributed by atoms with Crippen LogP contribution in [0.5, 0.6) is 11.6 Å². The van der Waals surface area contributed by atoms with Crippen LogP contribution in [0.4, 0.5) is 0 Å². The lowest BCUT2D eigenvalue weighted by Gasteiger charge is -2.06. The van der Waals surface area contributed by atoms with E-state index in [2.05, 4.69) is 16.2 Å². The lowest BCUT2D eigenvalue weighted by atomic mass is 10.1. The first-order chi connectivity index (χ1) is 10.2. The zero-order chi connectivity index (χ0) is 14.8. The van der Waals surface area contributed by atoms with Gasteiger partial charge in [0.15, 0.2) is 5.75 Å². The summed E-state index contributed by atoms with van der Waals surface area (Å²) < 4.78 is 7.52. The van der Waals surface area contributed by atoms with Gasteiger partial charge in [0.1, 0.15) is 11.6 Å². The summed E-state index contributed by atoms with van der Waals surface area (Å²) in [6, 6.07) is 11.8. The van der Waals surface area contributed by atoms with Crippen LogP contribution >= 0.6 is 0 Å². The van der Waals surface area contributed by atoms with Crippen molar-refractivity contribution in [2.24, 2.45) is 0 Å². The molecule has 0 aliphatic rings. The Bertz CT molecular complexity index is 830. The molecule has 104 valence electrons. The van der Waals surface area contributed by atoms with Crippen molar-refractivity contribution in [2.45, 2.75) is 19.9 Å². The molecule has 2 heterocycles. The monoisotopic (exact) mass is 278 g/mol. The molecule has 0 N–H and O–H groups in total. The van der Waals surface area contributed by atoms with E-state index in [1.807, 2.05) is 38.1 Å². The molecule has 0 radical (unpaired) electrons. The number of hydrogen-bond acceptors (Lipinski definition) is 4. The second-order valence-electron chi connectivity index (χ2n) is 5.00. The Balaban J connectivity index is 2.00. The Morgan fingerprint density at radius 1 is 1.29 bits per heavy atom. The van der Waals surface area contributed by atoms with Gasteiger partial charge in [0, 0.05) is 11.4 Å². The summed E-state index contributed by atoms with van der Waals surface area (Å²) in [6.07, 6.45) is 3.42. The van der Waals surface area contributed by atoms with Gasteiger partial charge in [-0.2, -0.15) is 10.4 Å². The molecule has 0 saturated carbocycles. The van der Waals surface area contributed by atoms with Crippen molar-refractivity contribution in [3.05, 3.63) is 48.3 Å². The maximum absolute atomic E-state index is 9.26. The van der Waals surface area contributed by atoms with Gasteiger partial charge in [0.05, 0.1) is 17.9 Å². The van der Waals surface area contributed by atoms with Crippen LogP contribution in [0, 0.1) is 11.3 Å². The molecule has 0 amide bonds. The van der Waals surface area contributed by atoms with E-state index in [0.29, 0.717) is 17.2 Å². The molecule has 3 aromatic rings. The van der Waals surface area contributed by atoms with E-state index in [-0.39, 0.29) is 6.04 Å². The van der Waals surface area contributed by atoms with Crippen molar-refractivity contribution in [1.82, 2.24) is 14.8 Å². The van der Waals surface area contributed by atoms with Crippen molar-refractivity contribution >= 4 is 10.9 Å². The van der Waals surface area contributed by atoms with E-state index in [0.717, 1.165) is 10.9 Å². The number of rotatable bonds is 3. The Morgan fingerprint density at radius 3 is 2.81 bits per heavy atom. The molecule has 0 aliphatic heterocycles. The first-order valence-electron chi connectivity index (χ1n) is 6.69. The third-order valence-corrected chi connectivity index (χ3v) is 3.13. The number of para-hydroxylation sites is 1. The van der Waals surface area contributed by atoms with Crippen LogP contribution in [0.3, 0.4) is 0 Å². The van der Waals surface area contributed by atoms with Crippen LogP contribution < -0.4 is 4.74 Å². The van der Waals surface area contributed by atoms with Gasteiger partial charge in [0.25, 0.3) is 0 Å². The summed E-state index contributed by atoms with van der Waals surface area (Å²) in [6.45, 7) is 4.07. The number of benzene rings is 1. The largest absolute Gasteiger partial charge is 0.434 e. The van der Waals surface area contributed by atoms with Gasteiger partial charge in [0.2, 0.25) is 5.88 Å². The van der Waals surface area contributed by atoms with E-state index in [1.54, 1.807) is 23.1 Å². The van der Waals surface area contributed by atoms with Gasteiger partial charge >= 0.3 is 0 Å².